The van der Waals surface area contributed by atoms with Crippen LogP contribution in [0.2, 0.25) is 0 Å². The Morgan fingerprint density at radius 2 is 1.88 bits per heavy atom. The molecule has 2 aliphatic rings. The molecule has 3 rings (SSSR count). The zero-order valence-corrected chi connectivity index (χ0v) is 14.7. The molecular formula is C19H24N2O4. The van der Waals surface area contributed by atoms with Crippen LogP contribution in [-0.4, -0.2) is 47.4 Å². The Kier molecular flexibility index (Phi) is 4.79. The number of likely N-dealkylation sites (tertiary alicyclic amines) is 1. The molecule has 1 N–H and O–H groups in total. The molecule has 134 valence electrons. The van der Waals surface area contributed by atoms with E-state index in [1.165, 1.54) is 0 Å². The zero-order chi connectivity index (χ0) is 18.1. The van der Waals surface area contributed by atoms with Gasteiger partial charge in [-0.1, -0.05) is 6.07 Å². The van der Waals surface area contributed by atoms with Crippen molar-refractivity contribution < 1.29 is 19.5 Å². The van der Waals surface area contributed by atoms with E-state index in [0.717, 1.165) is 16.8 Å². The smallest absolute Gasteiger partial charge is 0.308 e. The van der Waals surface area contributed by atoms with Gasteiger partial charge in [0.1, 0.15) is 0 Å². The van der Waals surface area contributed by atoms with Gasteiger partial charge >= 0.3 is 5.97 Å². The minimum absolute atomic E-state index is 0.0478. The fraction of sp³-hybridized carbons (Fsp3) is 0.526. The largest absolute Gasteiger partial charge is 0.481 e. The maximum Gasteiger partial charge on any atom is 0.308 e. The summed E-state index contributed by atoms with van der Waals surface area (Å²) in [4.78, 5) is 39.7. The number of anilines is 1. The van der Waals surface area contributed by atoms with Crippen LogP contribution in [0.15, 0.2) is 18.2 Å². The standard InChI is InChI=1S/C19H24N2O4/c1-12-5-6-16(8-13(12)2)21-11-15(9-17(21)22)18(23)20-7-3-4-14(10-20)19(24)25/h5-6,8,14-15H,3-4,7,9-11H2,1-2H3,(H,24,25)/t14-,15-/m0/s1. The zero-order valence-electron chi connectivity index (χ0n) is 14.7. The van der Waals surface area contributed by atoms with Crippen molar-refractivity contribution in [2.75, 3.05) is 24.5 Å². The molecule has 1 aromatic rings. The Labute approximate surface area is 147 Å². The van der Waals surface area contributed by atoms with Crippen molar-refractivity contribution in [3.05, 3.63) is 29.3 Å². The van der Waals surface area contributed by atoms with Crippen LogP contribution in [0.25, 0.3) is 0 Å². The topological polar surface area (TPSA) is 77.9 Å². The van der Waals surface area contributed by atoms with Gasteiger partial charge < -0.3 is 14.9 Å². The normalized spacial score (nSPS) is 23.8. The summed E-state index contributed by atoms with van der Waals surface area (Å²) in [5.41, 5.74) is 3.10. The molecule has 0 radical (unpaired) electrons. The molecule has 0 bridgehead atoms. The summed E-state index contributed by atoms with van der Waals surface area (Å²) in [5.74, 6) is -1.87. The molecule has 1 aromatic carbocycles. The van der Waals surface area contributed by atoms with E-state index < -0.39 is 11.9 Å². The molecule has 6 heteroatoms. The summed E-state index contributed by atoms with van der Waals surface area (Å²) in [7, 11) is 0. The average molecular weight is 344 g/mol. The minimum Gasteiger partial charge on any atom is -0.481 e. The third kappa shape index (κ3) is 3.52. The molecule has 6 nitrogen and oxygen atoms in total. The van der Waals surface area contributed by atoms with Gasteiger partial charge in [0.05, 0.1) is 11.8 Å². The van der Waals surface area contributed by atoms with Crippen molar-refractivity contribution in [1.29, 1.82) is 0 Å². The van der Waals surface area contributed by atoms with E-state index in [1.807, 2.05) is 32.0 Å². The molecular weight excluding hydrogens is 320 g/mol. The number of rotatable bonds is 3. The quantitative estimate of drug-likeness (QED) is 0.909. The molecule has 2 fully saturated rings. The molecule has 2 saturated heterocycles. The van der Waals surface area contributed by atoms with E-state index in [-0.39, 0.29) is 30.7 Å². The Hall–Kier alpha value is -2.37. The van der Waals surface area contributed by atoms with Crippen molar-refractivity contribution in [2.24, 2.45) is 11.8 Å². The minimum atomic E-state index is -0.850. The summed E-state index contributed by atoms with van der Waals surface area (Å²) >= 11 is 0. The number of carbonyl (C=O) groups is 3. The van der Waals surface area contributed by atoms with Gasteiger partial charge in [0.25, 0.3) is 0 Å². The third-order valence-corrected chi connectivity index (χ3v) is 5.36. The number of hydrogen-bond acceptors (Lipinski definition) is 3. The van der Waals surface area contributed by atoms with Crippen LogP contribution in [0.1, 0.15) is 30.4 Å². The molecule has 0 saturated carbocycles. The van der Waals surface area contributed by atoms with E-state index in [0.29, 0.717) is 25.9 Å². The van der Waals surface area contributed by atoms with Crippen LogP contribution in [0.4, 0.5) is 5.69 Å². The average Bonchev–Trinajstić information content (AvgIpc) is 2.98. The summed E-state index contributed by atoms with van der Waals surface area (Å²) in [6.45, 7) is 5.22. The fourth-order valence-corrected chi connectivity index (χ4v) is 3.65. The lowest BCUT2D eigenvalue weighted by Crippen LogP contribution is -2.45. The van der Waals surface area contributed by atoms with Crippen LogP contribution in [-0.2, 0) is 14.4 Å². The Balaban J connectivity index is 1.70. The molecule has 0 unspecified atom stereocenters. The highest BCUT2D eigenvalue weighted by Crippen LogP contribution is 2.29. The number of carbonyl (C=O) groups excluding carboxylic acids is 2. The number of amides is 2. The Morgan fingerprint density at radius 1 is 1.12 bits per heavy atom. The maximum absolute atomic E-state index is 12.8. The molecule has 2 amide bonds. The fourth-order valence-electron chi connectivity index (χ4n) is 3.65. The molecule has 2 atom stereocenters. The monoisotopic (exact) mass is 344 g/mol. The van der Waals surface area contributed by atoms with Crippen LogP contribution < -0.4 is 4.90 Å². The van der Waals surface area contributed by atoms with Gasteiger partial charge in [-0.15, -0.1) is 0 Å². The number of hydrogen-bond donors (Lipinski definition) is 1. The van der Waals surface area contributed by atoms with Gasteiger partial charge in [-0.3, -0.25) is 14.4 Å². The second-order valence-corrected chi connectivity index (χ2v) is 7.14. The predicted molar refractivity (Wildman–Crippen MR) is 93.3 cm³/mol. The number of aryl methyl sites for hydroxylation is 2. The van der Waals surface area contributed by atoms with Crippen molar-refractivity contribution in [1.82, 2.24) is 4.90 Å². The van der Waals surface area contributed by atoms with Crippen molar-refractivity contribution >= 4 is 23.5 Å². The van der Waals surface area contributed by atoms with Crippen LogP contribution in [0, 0.1) is 25.7 Å². The van der Waals surface area contributed by atoms with Gasteiger partial charge in [0.2, 0.25) is 11.8 Å². The van der Waals surface area contributed by atoms with Gasteiger partial charge in [0, 0.05) is 31.7 Å². The highest BCUT2D eigenvalue weighted by atomic mass is 16.4. The molecule has 2 aliphatic heterocycles. The molecule has 25 heavy (non-hydrogen) atoms. The SMILES string of the molecule is Cc1ccc(N2C[C@@H](C(=O)N3CCC[C@H](C(=O)O)C3)CC2=O)cc1C. The van der Waals surface area contributed by atoms with E-state index in [1.54, 1.807) is 9.80 Å². The van der Waals surface area contributed by atoms with Crippen molar-refractivity contribution in [2.45, 2.75) is 33.1 Å². The van der Waals surface area contributed by atoms with Gasteiger partial charge in [-0.25, -0.2) is 0 Å². The van der Waals surface area contributed by atoms with Crippen LogP contribution >= 0.6 is 0 Å². The first kappa shape index (κ1) is 17.5. The molecule has 0 aliphatic carbocycles. The molecule has 2 heterocycles. The second-order valence-electron chi connectivity index (χ2n) is 7.14. The number of piperidine rings is 1. The van der Waals surface area contributed by atoms with E-state index in [2.05, 4.69) is 0 Å². The van der Waals surface area contributed by atoms with E-state index in [9.17, 15) is 19.5 Å². The van der Waals surface area contributed by atoms with Crippen molar-refractivity contribution in [3.63, 3.8) is 0 Å². The lowest BCUT2D eigenvalue weighted by molar-refractivity contribution is -0.146. The molecule has 0 aromatic heterocycles. The van der Waals surface area contributed by atoms with Crippen LogP contribution in [0.3, 0.4) is 0 Å². The van der Waals surface area contributed by atoms with Crippen molar-refractivity contribution in [3.8, 4) is 0 Å². The Morgan fingerprint density at radius 3 is 2.56 bits per heavy atom. The summed E-state index contributed by atoms with van der Waals surface area (Å²) in [5, 5.41) is 9.18. The first-order chi connectivity index (χ1) is 11.9. The summed E-state index contributed by atoms with van der Waals surface area (Å²) in [6.07, 6.45) is 1.50. The van der Waals surface area contributed by atoms with E-state index in [4.69, 9.17) is 0 Å². The number of carboxylic acids is 1. The first-order valence-electron chi connectivity index (χ1n) is 8.76. The lowest BCUT2D eigenvalue weighted by Gasteiger charge is -2.32. The third-order valence-electron chi connectivity index (χ3n) is 5.36. The van der Waals surface area contributed by atoms with Crippen LogP contribution in [0.5, 0.6) is 0 Å². The van der Waals surface area contributed by atoms with E-state index >= 15 is 0 Å². The molecule has 0 spiro atoms. The summed E-state index contributed by atoms with van der Waals surface area (Å²) < 4.78 is 0. The maximum atomic E-state index is 12.8. The lowest BCUT2D eigenvalue weighted by atomic mass is 9.96. The predicted octanol–water partition coefficient (Wildman–Crippen LogP) is 1.98. The number of nitrogens with zero attached hydrogens (tertiary/aromatic N) is 2. The number of aliphatic carboxylic acids is 1. The van der Waals surface area contributed by atoms with Gasteiger partial charge in [0.15, 0.2) is 0 Å². The van der Waals surface area contributed by atoms with Gasteiger partial charge in [-0.2, -0.15) is 0 Å². The second kappa shape index (κ2) is 6.86. The highest BCUT2D eigenvalue weighted by molar-refractivity contribution is 6.00. The number of benzene rings is 1. The van der Waals surface area contributed by atoms with Gasteiger partial charge in [-0.05, 0) is 49.9 Å². The first-order valence-corrected chi connectivity index (χ1v) is 8.76. The summed E-state index contributed by atoms with van der Waals surface area (Å²) in [6, 6.07) is 5.87. The number of carboxylic acid groups (broad SMARTS) is 1. The highest BCUT2D eigenvalue weighted by Gasteiger charge is 2.39. The Bertz CT molecular complexity index is 715.